The second-order valence-corrected chi connectivity index (χ2v) is 4.39. The van der Waals surface area contributed by atoms with Gasteiger partial charge in [-0.1, -0.05) is 18.2 Å². The second-order valence-electron chi connectivity index (χ2n) is 4.39. The maximum absolute atomic E-state index is 13.2. The first kappa shape index (κ1) is 14.4. The van der Waals surface area contributed by atoms with E-state index in [9.17, 15) is 18.0 Å². The lowest BCUT2D eigenvalue weighted by Crippen LogP contribution is -2.24. The minimum Gasteiger partial charge on any atom is -0.466 e. The Kier molecular flexibility index (Phi) is 4.01. The number of H-pyrrole nitrogens is 1. The van der Waals surface area contributed by atoms with Crippen LogP contribution in [0.25, 0.3) is 10.9 Å². The zero-order valence-corrected chi connectivity index (χ0v) is 10.8. The zero-order chi connectivity index (χ0) is 14.8. The van der Waals surface area contributed by atoms with Gasteiger partial charge in [0, 0.05) is 17.1 Å². The van der Waals surface area contributed by atoms with Crippen LogP contribution in [0.2, 0.25) is 0 Å². The number of hydrogen-bond acceptors (Lipinski definition) is 2. The third-order valence-electron chi connectivity index (χ3n) is 3.07. The Balaban J connectivity index is 2.39. The van der Waals surface area contributed by atoms with Crippen molar-refractivity contribution < 1.29 is 22.7 Å². The molecule has 20 heavy (non-hydrogen) atoms. The molecule has 1 aromatic heterocycles. The second kappa shape index (κ2) is 5.56. The summed E-state index contributed by atoms with van der Waals surface area (Å²) in [6.07, 6.45) is -3.90. The molecule has 0 saturated carbocycles. The summed E-state index contributed by atoms with van der Waals surface area (Å²) in [6, 6.07) is 6.69. The first-order chi connectivity index (χ1) is 9.43. The Labute approximate surface area is 113 Å². The number of fused-ring (bicyclic) bond motifs is 1. The lowest BCUT2D eigenvalue weighted by atomic mass is 9.94. The molecule has 0 saturated heterocycles. The highest BCUT2D eigenvalue weighted by molar-refractivity contribution is 5.84. The Hall–Kier alpha value is -1.98. The normalized spacial score (nSPS) is 13.4. The van der Waals surface area contributed by atoms with Crippen molar-refractivity contribution in [2.45, 2.75) is 25.4 Å². The van der Waals surface area contributed by atoms with Crippen LogP contribution in [0.1, 0.15) is 24.8 Å². The summed E-state index contributed by atoms with van der Waals surface area (Å²) >= 11 is 0. The molecule has 3 nitrogen and oxygen atoms in total. The smallest absolute Gasteiger partial charge is 0.396 e. The molecule has 1 N–H and O–H groups in total. The number of para-hydroxylation sites is 1. The van der Waals surface area contributed by atoms with Gasteiger partial charge in [0.05, 0.1) is 18.9 Å². The third-order valence-corrected chi connectivity index (χ3v) is 3.07. The van der Waals surface area contributed by atoms with E-state index in [1.807, 2.05) is 0 Å². The topological polar surface area (TPSA) is 42.1 Å². The SMILES string of the molecule is CCOC(=O)CC(c1c[nH]c2ccccc12)C(F)(F)F. The maximum atomic E-state index is 13.2. The van der Waals surface area contributed by atoms with E-state index in [1.54, 1.807) is 31.2 Å². The number of halogens is 3. The molecule has 1 atom stereocenters. The van der Waals surface area contributed by atoms with Crippen LogP contribution < -0.4 is 0 Å². The molecule has 2 rings (SSSR count). The summed E-state index contributed by atoms with van der Waals surface area (Å²) in [5.74, 6) is -2.71. The standard InChI is InChI=1S/C14H14F3NO2/c1-2-20-13(19)7-11(14(15,16)17)10-8-18-12-6-4-3-5-9(10)12/h3-6,8,11,18H,2,7H2,1H3. The van der Waals surface area contributed by atoms with Crippen LogP contribution in [0, 0.1) is 0 Å². The van der Waals surface area contributed by atoms with Gasteiger partial charge in [-0.3, -0.25) is 4.79 Å². The molecular weight excluding hydrogens is 271 g/mol. The van der Waals surface area contributed by atoms with E-state index in [0.717, 1.165) is 0 Å². The number of aromatic nitrogens is 1. The van der Waals surface area contributed by atoms with E-state index in [2.05, 4.69) is 9.72 Å². The molecule has 6 heteroatoms. The van der Waals surface area contributed by atoms with Crippen LogP contribution in [-0.4, -0.2) is 23.7 Å². The van der Waals surface area contributed by atoms with E-state index < -0.39 is 24.5 Å². The Morgan fingerprint density at radius 2 is 2.05 bits per heavy atom. The van der Waals surface area contributed by atoms with Gasteiger partial charge in [0.25, 0.3) is 0 Å². The van der Waals surface area contributed by atoms with E-state index in [0.29, 0.717) is 10.9 Å². The molecular formula is C14H14F3NO2. The molecule has 1 heterocycles. The van der Waals surface area contributed by atoms with Gasteiger partial charge in [0.15, 0.2) is 0 Å². The van der Waals surface area contributed by atoms with Crippen molar-refractivity contribution in [3.05, 3.63) is 36.0 Å². The molecule has 0 amide bonds. The van der Waals surface area contributed by atoms with Gasteiger partial charge >= 0.3 is 12.1 Å². The number of ether oxygens (including phenoxy) is 1. The molecule has 108 valence electrons. The van der Waals surface area contributed by atoms with Gasteiger partial charge in [0.1, 0.15) is 0 Å². The Morgan fingerprint density at radius 3 is 2.70 bits per heavy atom. The van der Waals surface area contributed by atoms with Crippen molar-refractivity contribution in [3.63, 3.8) is 0 Å². The lowest BCUT2D eigenvalue weighted by molar-refractivity contribution is -0.166. The van der Waals surface area contributed by atoms with E-state index in [1.165, 1.54) is 6.20 Å². The molecule has 0 aliphatic rings. The number of rotatable bonds is 4. The first-order valence-electron chi connectivity index (χ1n) is 6.21. The van der Waals surface area contributed by atoms with Crippen LogP contribution in [0.15, 0.2) is 30.5 Å². The summed E-state index contributed by atoms with van der Waals surface area (Å²) in [4.78, 5) is 14.2. The number of aromatic amines is 1. The van der Waals surface area contributed by atoms with Gasteiger partial charge in [-0.25, -0.2) is 0 Å². The zero-order valence-electron chi connectivity index (χ0n) is 10.8. The third kappa shape index (κ3) is 2.95. The quantitative estimate of drug-likeness (QED) is 0.869. The van der Waals surface area contributed by atoms with Crippen molar-refractivity contribution in [2.24, 2.45) is 0 Å². The number of nitrogens with one attached hydrogen (secondary N) is 1. The number of benzene rings is 1. The number of esters is 1. The Morgan fingerprint density at radius 1 is 1.35 bits per heavy atom. The van der Waals surface area contributed by atoms with Gasteiger partial charge < -0.3 is 9.72 Å². The van der Waals surface area contributed by atoms with Crippen molar-refractivity contribution >= 4 is 16.9 Å². The summed E-state index contributed by atoms with van der Waals surface area (Å²) in [7, 11) is 0. The molecule has 1 aromatic carbocycles. The molecule has 0 aliphatic heterocycles. The Bertz CT molecular complexity index is 604. The van der Waals surface area contributed by atoms with Gasteiger partial charge in [0.2, 0.25) is 0 Å². The fourth-order valence-corrected chi connectivity index (χ4v) is 2.17. The maximum Gasteiger partial charge on any atom is 0.396 e. The predicted molar refractivity (Wildman–Crippen MR) is 68.3 cm³/mol. The molecule has 0 spiro atoms. The van der Waals surface area contributed by atoms with Crippen molar-refractivity contribution in [2.75, 3.05) is 6.61 Å². The fraction of sp³-hybridized carbons (Fsp3) is 0.357. The van der Waals surface area contributed by atoms with Gasteiger partial charge in [-0.15, -0.1) is 0 Å². The first-order valence-corrected chi connectivity index (χ1v) is 6.21. The minimum absolute atomic E-state index is 0.0668. The highest BCUT2D eigenvalue weighted by atomic mass is 19.4. The highest BCUT2D eigenvalue weighted by Crippen LogP contribution is 2.40. The van der Waals surface area contributed by atoms with Crippen LogP contribution >= 0.6 is 0 Å². The molecule has 0 aliphatic carbocycles. The van der Waals surface area contributed by atoms with Crippen LogP contribution in [-0.2, 0) is 9.53 Å². The molecule has 2 aromatic rings. The summed E-state index contributed by atoms with van der Waals surface area (Å²) in [5.41, 5.74) is 0.682. The van der Waals surface area contributed by atoms with E-state index in [-0.39, 0.29) is 12.2 Å². The monoisotopic (exact) mass is 285 g/mol. The largest absolute Gasteiger partial charge is 0.466 e. The van der Waals surface area contributed by atoms with Gasteiger partial charge in [-0.05, 0) is 18.6 Å². The van der Waals surface area contributed by atoms with Crippen molar-refractivity contribution in [3.8, 4) is 0 Å². The lowest BCUT2D eigenvalue weighted by Gasteiger charge is -2.19. The van der Waals surface area contributed by atoms with E-state index in [4.69, 9.17) is 0 Å². The molecule has 0 radical (unpaired) electrons. The number of carbonyl (C=O) groups excluding carboxylic acids is 1. The number of alkyl halides is 3. The molecule has 0 fully saturated rings. The van der Waals surface area contributed by atoms with E-state index >= 15 is 0 Å². The molecule has 0 bridgehead atoms. The minimum atomic E-state index is -4.50. The predicted octanol–water partition coefficient (Wildman–Crippen LogP) is 3.77. The van der Waals surface area contributed by atoms with Crippen molar-refractivity contribution in [1.29, 1.82) is 0 Å². The van der Waals surface area contributed by atoms with Crippen LogP contribution in [0.3, 0.4) is 0 Å². The number of hydrogen-bond donors (Lipinski definition) is 1. The molecule has 1 unspecified atom stereocenters. The van der Waals surface area contributed by atoms with Crippen molar-refractivity contribution in [1.82, 2.24) is 4.98 Å². The summed E-state index contributed by atoms with van der Waals surface area (Å²) in [5, 5.41) is 0.471. The fourth-order valence-electron chi connectivity index (χ4n) is 2.17. The van der Waals surface area contributed by atoms with Crippen LogP contribution in [0.4, 0.5) is 13.2 Å². The highest BCUT2D eigenvalue weighted by Gasteiger charge is 2.43. The van der Waals surface area contributed by atoms with Gasteiger partial charge in [-0.2, -0.15) is 13.2 Å². The van der Waals surface area contributed by atoms with Crippen LogP contribution in [0.5, 0.6) is 0 Å². The average Bonchev–Trinajstić information content (AvgIpc) is 2.78. The average molecular weight is 285 g/mol. The summed E-state index contributed by atoms with van der Waals surface area (Å²) in [6.45, 7) is 1.63. The number of carbonyl (C=O) groups is 1. The summed E-state index contributed by atoms with van der Waals surface area (Å²) < 4.78 is 44.2.